The van der Waals surface area contributed by atoms with E-state index in [0.29, 0.717) is 21.7 Å². The first-order chi connectivity index (χ1) is 15.4. The van der Waals surface area contributed by atoms with Crippen LogP contribution in [0.3, 0.4) is 0 Å². The van der Waals surface area contributed by atoms with E-state index in [9.17, 15) is 19.1 Å². The molecule has 0 aliphatic carbocycles. The molecule has 0 fully saturated rings. The van der Waals surface area contributed by atoms with Crippen LogP contribution in [0.25, 0.3) is 11.1 Å². The normalized spacial score (nSPS) is 11.9. The zero-order chi connectivity index (χ0) is 23.1. The number of aliphatic hydroxyl groups is 1. The fourth-order valence-corrected chi connectivity index (χ4v) is 3.02. The van der Waals surface area contributed by atoms with E-state index in [4.69, 9.17) is 16.3 Å². The largest absolute Gasteiger partial charge is 0.464 e. The number of aliphatic hydroxyl groups excluding tert-OH is 1. The maximum absolute atomic E-state index is 14.1. The van der Waals surface area contributed by atoms with Gasteiger partial charge in [0.2, 0.25) is 0 Å². The predicted molar refractivity (Wildman–Crippen MR) is 112 cm³/mol. The van der Waals surface area contributed by atoms with E-state index < -0.39 is 23.8 Å². The number of tetrazole rings is 1. The van der Waals surface area contributed by atoms with Crippen LogP contribution in [0, 0.1) is 5.82 Å². The first-order valence-electron chi connectivity index (χ1n) is 9.55. The summed E-state index contributed by atoms with van der Waals surface area (Å²) in [5.74, 6) is -2.13. The molecule has 0 aliphatic rings. The van der Waals surface area contributed by atoms with Gasteiger partial charge in [0.15, 0.2) is 6.10 Å². The van der Waals surface area contributed by atoms with Crippen molar-refractivity contribution >= 4 is 23.5 Å². The van der Waals surface area contributed by atoms with Gasteiger partial charge in [-0.1, -0.05) is 35.9 Å². The number of hydrogen-bond acceptors (Lipinski definition) is 8. The molecule has 168 valence electrons. The van der Waals surface area contributed by atoms with E-state index >= 15 is 0 Å². The molecule has 0 spiro atoms. The topological polar surface area (TPSA) is 133 Å². The molecule has 32 heavy (non-hydrogen) atoms. The van der Waals surface area contributed by atoms with Crippen molar-refractivity contribution in [1.29, 1.82) is 0 Å². The lowest BCUT2D eigenvalue weighted by atomic mass is 10.0. The van der Waals surface area contributed by atoms with Crippen LogP contribution in [-0.2, 0) is 16.1 Å². The number of aromatic amines is 1. The first kappa shape index (κ1) is 23.3. The smallest absolute Gasteiger partial charge is 0.336 e. The van der Waals surface area contributed by atoms with E-state index in [1.54, 1.807) is 31.2 Å². The standard InChI is InChI=1S/C20H20ClFN6O4/c1-2-32-20(31)17(29)11-28(25-19(30)18-23-26-27-24-18)10-12-3-5-13(6-4-12)15-9-14(21)7-8-16(15)22/h3-9,17,29H,2,10-11H2,1H3,(H,25,30)(H,23,24,26,27). The summed E-state index contributed by atoms with van der Waals surface area (Å²) in [6.45, 7) is 1.57. The monoisotopic (exact) mass is 462 g/mol. The summed E-state index contributed by atoms with van der Waals surface area (Å²) in [6, 6.07) is 11.1. The average Bonchev–Trinajstić information content (AvgIpc) is 3.31. The van der Waals surface area contributed by atoms with Gasteiger partial charge in [-0.05, 0) is 41.5 Å². The number of aromatic nitrogens is 4. The number of benzene rings is 2. The second-order valence-corrected chi connectivity index (χ2v) is 7.08. The Morgan fingerprint density at radius 2 is 2.03 bits per heavy atom. The summed E-state index contributed by atoms with van der Waals surface area (Å²) in [4.78, 5) is 24.1. The number of H-pyrrole nitrogens is 1. The van der Waals surface area contributed by atoms with Crippen LogP contribution in [0.15, 0.2) is 42.5 Å². The molecule has 3 N–H and O–H groups in total. The molecule has 1 heterocycles. The van der Waals surface area contributed by atoms with E-state index in [-0.39, 0.29) is 25.5 Å². The van der Waals surface area contributed by atoms with Gasteiger partial charge in [-0.15, -0.1) is 10.2 Å². The van der Waals surface area contributed by atoms with Crippen molar-refractivity contribution in [3.8, 4) is 11.1 Å². The van der Waals surface area contributed by atoms with Crippen LogP contribution in [0.2, 0.25) is 5.02 Å². The fraction of sp³-hybridized carbons (Fsp3) is 0.250. The van der Waals surface area contributed by atoms with E-state index in [0.717, 1.165) is 0 Å². The third-order valence-corrected chi connectivity index (χ3v) is 4.56. The summed E-state index contributed by atoms with van der Waals surface area (Å²) in [5.41, 5.74) is 4.20. The average molecular weight is 463 g/mol. The minimum Gasteiger partial charge on any atom is -0.464 e. The molecule has 1 unspecified atom stereocenters. The van der Waals surface area contributed by atoms with E-state index in [1.807, 2.05) is 0 Å². The van der Waals surface area contributed by atoms with Crippen molar-refractivity contribution in [3.05, 3.63) is 64.7 Å². The van der Waals surface area contributed by atoms with Gasteiger partial charge < -0.3 is 9.84 Å². The molecule has 1 atom stereocenters. The highest BCUT2D eigenvalue weighted by molar-refractivity contribution is 6.30. The molecule has 0 saturated carbocycles. The number of amides is 1. The van der Waals surface area contributed by atoms with Crippen LogP contribution >= 0.6 is 11.6 Å². The van der Waals surface area contributed by atoms with Crippen molar-refractivity contribution in [1.82, 2.24) is 31.1 Å². The molecule has 0 bridgehead atoms. The Bertz CT molecular complexity index is 1060. The van der Waals surface area contributed by atoms with Gasteiger partial charge in [0.1, 0.15) is 5.82 Å². The number of rotatable bonds is 9. The van der Waals surface area contributed by atoms with Crippen LogP contribution in [-0.4, -0.2) is 61.9 Å². The third-order valence-electron chi connectivity index (χ3n) is 4.33. The fourth-order valence-electron chi connectivity index (χ4n) is 2.85. The van der Waals surface area contributed by atoms with Crippen molar-refractivity contribution in [2.75, 3.05) is 13.2 Å². The van der Waals surface area contributed by atoms with Gasteiger partial charge in [-0.25, -0.2) is 14.2 Å². The van der Waals surface area contributed by atoms with E-state index in [1.165, 1.54) is 23.2 Å². The van der Waals surface area contributed by atoms with Crippen molar-refractivity contribution in [2.24, 2.45) is 0 Å². The van der Waals surface area contributed by atoms with Crippen LogP contribution in [0.5, 0.6) is 0 Å². The number of carbonyl (C=O) groups is 2. The molecule has 10 nitrogen and oxygen atoms in total. The first-order valence-corrected chi connectivity index (χ1v) is 9.93. The van der Waals surface area contributed by atoms with Crippen LogP contribution < -0.4 is 5.43 Å². The Morgan fingerprint density at radius 1 is 1.28 bits per heavy atom. The van der Waals surface area contributed by atoms with Gasteiger partial charge in [-0.3, -0.25) is 10.2 Å². The number of halogens is 2. The van der Waals surface area contributed by atoms with Gasteiger partial charge in [-0.2, -0.15) is 5.21 Å². The summed E-state index contributed by atoms with van der Waals surface area (Å²) in [7, 11) is 0. The van der Waals surface area contributed by atoms with Crippen LogP contribution in [0.4, 0.5) is 4.39 Å². The minimum atomic E-state index is -1.50. The second-order valence-electron chi connectivity index (χ2n) is 6.65. The molecule has 0 saturated heterocycles. The number of hydrogen-bond donors (Lipinski definition) is 3. The number of hydrazine groups is 1. The highest BCUT2D eigenvalue weighted by atomic mass is 35.5. The summed E-state index contributed by atoms with van der Waals surface area (Å²) in [6.07, 6.45) is -1.50. The van der Waals surface area contributed by atoms with Crippen molar-refractivity contribution in [2.45, 2.75) is 19.6 Å². The summed E-state index contributed by atoms with van der Waals surface area (Å²) in [5, 5.41) is 24.5. The zero-order valence-corrected chi connectivity index (χ0v) is 17.7. The molecule has 1 amide bonds. The molecule has 3 aromatic rings. The highest BCUT2D eigenvalue weighted by Crippen LogP contribution is 2.26. The molecule has 3 rings (SSSR count). The maximum atomic E-state index is 14.1. The van der Waals surface area contributed by atoms with Gasteiger partial charge in [0.05, 0.1) is 13.2 Å². The molecular weight excluding hydrogens is 443 g/mol. The third kappa shape index (κ3) is 6.06. The highest BCUT2D eigenvalue weighted by Gasteiger charge is 2.23. The van der Waals surface area contributed by atoms with Gasteiger partial charge in [0.25, 0.3) is 5.82 Å². The molecule has 12 heteroatoms. The Morgan fingerprint density at radius 3 is 2.69 bits per heavy atom. The van der Waals surface area contributed by atoms with Crippen molar-refractivity contribution in [3.63, 3.8) is 0 Å². The Balaban J connectivity index is 1.76. The Labute approximate surface area is 187 Å². The predicted octanol–water partition coefficient (Wildman–Crippen LogP) is 1.73. The number of nitrogens with zero attached hydrogens (tertiary/aromatic N) is 4. The SMILES string of the molecule is CCOC(=O)C(O)CN(Cc1ccc(-c2cc(Cl)ccc2F)cc1)NC(=O)c1nn[nH]n1. The lowest BCUT2D eigenvalue weighted by Crippen LogP contribution is -2.47. The Hall–Kier alpha value is -3.41. The quantitative estimate of drug-likeness (QED) is 0.323. The number of carbonyl (C=O) groups excluding carboxylic acids is 2. The Kier molecular flexibility index (Phi) is 7.82. The van der Waals surface area contributed by atoms with Gasteiger partial charge in [0, 0.05) is 17.1 Å². The summed E-state index contributed by atoms with van der Waals surface area (Å²) >= 11 is 5.96. The zero-order valence-electron chi connectivity index (χ0n) is 17.0. The molecule has 0 radical (unpaired) electrons. The minimum absolute atomic E-state index is 0.104. The van der Waals surface area contributed by atoms with Crippen molar-refractivity contribution < 1.29 is 23.8 Å². The van der Waals surface area contributed by atoms with Gasteiger partial charge >= 0.3 is 11.9 Å². The maximum Gasteiger partial charge on any atom is 0.336 e. The van der Waals surface area contributed by atoms with Crippen LogP contribution in [0.1, 0.15) is 23.1 Å². The molecule has 1 aromatic heterocycles. The molecule has 0 aliphatic heterocycles. The number of esters is 1. The lowest BCUT2D eigenvalue weighted by Gasteiger charge is -2.24. The molecular formula is C20H20ClFN6O4. The number of nitrogens with one attached hydrogen (secondary N) is 2. The number of ether oxygens (including phenoxy) is 1. The second kappa shape index (κ2) is 10.8. The molecule has 2 aromatic carbocycles. The summed E-state index contributed by atoms with van der Waals surface area (Å²) < 4.78 is 18.9. The lowest BCUT2D eigenvalue weighted by molar-refractivity contribution is -0.154. The van der Waals surface area contributed by atoms with E-state index in [2.05, 4.69) is 26.0 Å².